The quantitative estimate of drug-likeness (QED) is 0.177. The van der Waals surface area contributed by atoms with Crippen LogP contribution in [0.3, 0.4) is 0 Å². The summed E-state index contributed by atoms with van der Waals surface area (Å²) in [5.41, 5.74) is 10.0. The Bertz CT molecular complexity index is 1440. The first kappa shape index (κ1) is 27.1. The standard InChI is InChI=1S/C31H34N6O3/c1-36-14-16-37(17-15-36)13-3-12-33-24-7-9-25(10-8-24)34-20-27-26-11-6-22(19-28(26)35-31(27)40)29(38)21-4-2-5-23(18-21)30(32)39/h2,4-11,18-20,33-34H,3,12-17H2,1H3,(H2,32,39)(H,35,40). The van der Waals surface area contributed by atoms with Crippen LogP contribution in [0.25, 0.3) is 5.57 Å². The molecule has 0 spiro atoms. The number of carbonyl (C=O) groups excluding carboxylic acids is 3. The molecule has 3 aromatic rings. The maximum absolute atomic E-state index is 13.0. The lowest BCUT2D eigenvalue weighted by atomic mass is 9.98. The zero-order chi connectivity index (χ0) is 28.1. The summed E-state index contributed by atoms with van der Waals surface area (Å²) < 4.78 is 0. The van der Waals surface area contributed by atoms with Crippen molar-refractivity contribution < 1.29 is 14.4 Å². The number of amides is 2. The lowest BCUT2D eigenvalue weighted by molar-refractivity contribution is -0.110. The fourth-order valence-corrected chi connectivity index (χ4v) is 4.91. The first-order valence-corrected chi connectivity index (χ1v) is 13.5. The number of likely N-dealkylation sites (N-methyl/N-ethyl adjacent to an activating group) is 1. The molecule has 3 aromatic carbocycles. The fraction of sp³-hybridized carbons (Fsp3) is 0.258. The van der Waals surface area contributed by atoms with Gasteiger partial charge < -0.3 is 31.5 Å². The molecule has 0 bridgehead atoms. The van der Waals surface area contributed by atoms with Gasteiger partial charge in [-0.1, -0.05) is 24.3 Å². The lowest BCUT2D eigenvalue weighted by Crippen LogP contribution is -2.44. The van der Waals surface area contributed by atoms with Gasteiger partial charge in [0, 0.05) is 78.2 Å². The highest BCUT2D eigenvalue weighted by Gasteiger charge is 2.25. The summed E-state index contributed by atoms with van der Waals surface area (Å²) in [6.45, 7) is 6.58. The van der Waals surface area contributed by atoms with E-state index in [1.807, 2.05) is 24.3 Å². The van der Waals surface area contributed by atoms with E-state index in [9.17, 15) is 14.4 Å². The molecule has 40 heavy (non-hydrogen) atoms. The number of ketones is 1. The van der Waals surface area contributed by atoms with Gasteiger partial charge in [0.2, 0.25) is 5.91 Å². The Morgan fingerprint density at radius 3 is 2.38 bits per heavy atom. The van der Waals surface area contributed by atoms with E-state index in [1.165, 1.54) is 6.07 Å². The summed E-state index contributed by atoms with van der Waals surface area (Å²) in [4.78, 5) is 42.0. The Balaban J connectivity index is 1.17. The third kappa shape index (κ3) is 6.39. The number of piperazine rings is 1. The third-order valence-electron chi connectivity index (χ3n) is 7.32. The zero-order valence-electron chi connectivity index (χ0n) is 22.6. The van der Waals surface area contributed by atoms with Crippen molar-refractivity contribution in [3.05, 3.63) is 95.2 Å². The van der Waals surface area contributed by atoms with Crippen molar-refractivity contribution in [1.82, 2.24) is 9.80 Å². The van der Waals surface area contributed by atoms with E-state index in [4.69, 9.17) is 5.73 Å². The van der Waals surface area contributed by atoms with E-state index < -0.39 is 5.91 Å². The van der Waals surface area contributed by atoms with Gasteiger partial charge in [-0.25, -0.2) is 0 Å². The molecule has 2 aliphatic heterocycles. The largest absolute Gasteiger partial charge is 0.385 e. The third-order valence-corrected chi connectivity index (χ3v) is 7.32. The number of carbonyl (C=O) groups is 3. The van der Waals surface area contributed by atoms with Crippen LogP contribution in [-0.4, -0.2) is 73.7 Å². The molecule has 2 amide bonds. The number of anilines is 3. The molecule has 0 unspecified atom stereocenters. The molecular formula is C31H34N6O3. The van der Waals surface area contributed by atoms with E-state index >= 15 is 0 Å². The van der Waals surface area contributed by atoms with Crippen LogP contribution in [0.2, 0.25) is 0 Å². The number of primary amides is 1. The fourth-order valence-electron chi connectivity index (χ4n) is 4.91. The Kier molecular flexibility index (Phi) is 8.23. The highest BCUT2D eigenvalue weighted by Crippen LogP contribution is 2.33. The van der Waals surface area contributed by atoms with Gasteiger partial charge in [0.1, 0.15) is 0 Å². The molecule has 0 saturated carbocycles. The second-order valence-electron chi connectivity index (χ2n) is 10.2. The number of rotatable bonds is 10. The lowest BCUT2D eigenvalue weighted by Gasteiger charge is -2.32. The van der Waals surface area contributed by atoms with Crippen LogP contribution >= 0.6 is 0 Å². The predicted octanol–water partition coefficient (Wildman–Crippen LogP) is 3.47. The van der Waals surface area contributed by atoms with Crippen molar-refractivity contribution in [2.24, 2.45) is 5.73 Å². The van der Waals surface area contributed by atoms with Crippen LogP contribution in [0, 0.1) is 0 Å². The Labute approximate surface area is 234 Å². The Morgan fingerprint density at radius 1 is 0.925 bits per heavy atom. The maximum atomic E-state index is 13.0. The summed E-state index contributed by atoms with van der Waals surface area (Å²) >= 11 is 0. The highest BCUT2D eigenvalue weighted by molar-refractivity contribution is 6.32. The number of nitrogens with one attached hydrogen (secondary N) is 3. The monoisotopic (exact) mass is 538 g/mol. The van der Waals surface area contributed by atoms with Crippen LogP contribution in [-0.2, 0) is 4.79 Å². The first-order valence-electron chi connectivity index (χ1n) is 13.5. The number of fused-ring (bicyclic) bond motifs is 1. The first-order chi connectivity index (χ1) is 19.4. The summed E-state index contributed by atoms with van der Waals surface area (Å²) in [6.07, 6.45) is 2.77. The Hall–Kier alpha value is -4.47. The van der Waals surface area contributed by atoms with Gasteiger partial charge in [0.25, 0.3) is 5.91 Å². The summed E-state index contributed by atoms with van der Waals surface area (Å²) in [7, 11) is 2.17. The summed E-state index contributed by atoms with van der Waals surface area (Å²) in [5.74, 6) is -1.11. The van der Waals surface area contributed by atoms with Crippen molar-refractivity contribution in [1.29, 1.82) is 0 Å². The summed E-state index contributed by atoms with van der Waals surface area (Å²) in [6, 6.07) is 19.3. The van der Waals surface area contributed by atoms with Crippen LogP contribution in [0.15, 0.2) is 72.9 Å². The van der Waals surface area contributed by atoms with E-state index in [0.717, 1.165) is 57.1 Å². The molecule has 0 radical (unpaired) electrons. The van der Waals surface area contributed by atoms with Crippen molar-refractivity contribution in [2.45, 2.75) is 6.42 Å². The smallest absolute Gasteiger partial charge is 0.257 e. The Morgan fingerprint density at radius 2 is 1.62 bits per heavy atom. The molecule has 0 aromatic heterocycles. The molecule has 9 nitrogen and oxygen atoms in total. The minimum absolute atomic E-state index is 0.249. The van der Waals surface area contributed by atoms with Gasteiger partial charge in [-0.15, -0.1) is 0 Å². The second kappa shape index (κ2) is 12.1. The number of benzene rings is 3. The van der Waals surface area contributed by atoms with Gasteiger partial charge in [-0.05, 0) is 62.5 Å². The number of nitrogens with two attached hydrogens (primary N) is 1. The minimum atomic E-state index is -0.597. The SMILES string of the molecule is CN1CCN(CCCNc2ccc(NC=C3C(=O)Nc4cc(C(=O)c5cccc(C(N)=O)c5)ccc43)cc2)CC1. The molecule has 206 valence electrons. The van der Waals surface area contributed by atoms with Gasteiger partial charge >= 0.3 is 0 Å². The minimum Gasteiger partial charge on any atom is -0.385 e. The van der Waals surface area contributed by atoms with Crippen molar-refractivity contribution in [3.8, 4) is 0 Å². The van der Waals surface area contributed by atoms with Crippen LogP contribution in [0.4, 0.5) is 17.1 Å². The van der Waals surface area contributed by atoms with Gasteiger partial charge in [0.15, 0.2) is 5.78 Å². The summed E-state index contributed by atoms with van der Waals surface area (Å²) in [5, 5.41) is 9.52. The molecule has 0 aliphatic carbocycles. The molecule has 9 heteroatoms. The van der Waals surface area contributed by atoms with Crippen molar-refractivity contribution >= 4 is 40.2 Å². The molecule has 1 saturated heterocycles. The molecular weight excluding hydrogens is 504 g/mol. The molecule has 2 aliphatic rings. The van der Waals surface area contributed by atoms with Crippen LogP contribution in [0.1, 0.15) is 38.3 Å². The average Bonchev–Trinajstić information content (AvgIpc) is 3.29. The van der Waals surface area contributed by atoms with E-state index in [0.29, 0.717) is 28.0 Å². The topological polar surface area (TPSA) is 120 Å². The second-order valence-corrected chi connectivity index (χ2v) is 10.2. The maximum Gasteiger partial charge on any atom is 0.257 e. The highest BCUT2D eigenvalue weighted by atomic mass is 16.2. The van der Waals surface area contributed by atoms with E-state index in [-0.39, 0.29) is 17.3 Å². The van der Waals surface area contributed by atoms with Crippen LogP contribution in [0.5, 0.6) is 0 Å². The molecule has 5 N–H and O–H groups in total. The van der Waals surface area contributed by atoms with Crippen LogP contribution < -0.4 is 21.7 Å². The molecule has 2 heterocycles. The van der Waals surface area contributed by atoms with E-state index in [1.54, 1.807) is 42.6 Å². The average molecular weight is 539 g/mol. The van der Waals surface area contributed by atoms with Crippen molar-refractivity contribution in [3.63, 3.8) is 0 Å². The van der Waals surface area contributed by atoms with Gasteiger partial charge in [0.05, 0.1) is 5.57 Å². The van der Waals surface area contributed by atoms with Gasteiger partial charge in [-0.3, -0.25) is 14.4 Å². The molecule has 0 atom stereocenters. The zero-order valence-corrected chi connectivity index (χ0v) is 22.6. The number of hydrogen-bond acceptors (Lipinski definition) is 7. The molecule has 1 fully saturated rings. The van der Waals surface area contributed by atoms with Gasteiger partial charge in [-0.2, -0.15) is 0 Å². The molecule has 5 rings (SSSR count). The number of nitrogens with zero attached hydrogens (tertiary/aromatic N) is 2. The predicted molar refractivity (Wildman–Crippen MR) is 159 cm³/mol. The van der Waals surface area contributed by atoms with E-state index in [2.05, 4.69) is 32.8 Å². The normalized spacial score (nSPS) is 16.4. The number of hydrogen-bond donors (Lipinski definition) is 4. The van der Waals surface area contributed by atoms with Crippen molar-refractivity contribution in [2.75, 3.05) is 62.3 Å².